The number of nitrogens with one attached hydrogen (secondary N) is 2. The summed E-state index contributed by atoms with van der Waals surface area (Å²) in [5.74, 6) is -2.18. The zero-order chi connectivity index (χ0) is 22.9. The Balaban J connectivity index is 1.69. The molecule has 0 aliphatic rings. The molecule has 1 unspecified atom stereocenters. The molecular weight excluding hydrogens is 406 g/mol. The van der Waals surface area contributed by atoms with Gasteiger partial charge in [-0.05, 0) is 35.2 Å². The van der Waals surface area contributed by atoms with Crippen molar-refractivity contribution in [2.45, 2.75) is 12.5 Å². The average Bonchev–Trinajstić information content (AvgIpc) is 2.84. The van der Waals surface area contributed by atoms with Crippen LogP contribution in [0.25, 0.3) is 11.1 Å². The fourth-order valence-corrected chi connectivity index (χ4v) is 3.36. The third kappa shape index (κ3) is 5.59. The van der Waals surface area contributed by atoms with Crippen LogP contribution in [0.3, 0.4) is 0 Å². The third-order valence-corrected chi connectivity index (χ3v) is 5.11. The van der Waals surface area contributed by atoms with E-state index in [1.165, 1.54) is 12.5 Å². The van der Waals surface area contributed by atoms with Gasteiger partial charge in [0.2, 0.25) is 0 Å². The smallest absolute Gasteiger partial charge is 0.275 e. The number of carbonyl (C=O) groups excluding carboxylic acids is 3. The predicted octanol–water partition coefficient (Wildman–Crippen LogP) is 2.66. The van der Waals surface area contributed by atoms with E-state index in [4.69, 9.17) is 5.21 Å². The molecule has 0 spiro atoms. The van der Waals surface area contributed by atoms with Gasteiger partial charge in [0.15, 0.2) is 6.04 Å². The van der Waals surface area contributed by atoms with Crippen molar-refractivity contribution < 1.29 is 19.6 Å². The summed E-state index contributed by atoms with van der Waals surface area (Å²) >= 11 is 0. The standard InChI is InChI=1S/C25H25N3O4/c1-28(25(31)21-14-12-20(13-15-21)19-10-6-3-7-11-19)22(24(30)27-32)23(29)26-17-16-18-8-4-2-5-9-18/h2-15,22,32H,16-17H2,1H3,(H,26,29)(H,27,30). The highest BCUT2D eigenvalue weighted by Gasteiger charge is 2.34. The zero-order valence-electron chi connectivity index (χ0n) is 17.7. The summed E-state index contributed by atoms with van der Waals surface area (Å²) in [6, 6.07) is 24.6. The summed E-state index contributed by atoms with van der Waals surface area (Å²) in [5.41, 5.74) is 4.77. The van der Waals surface area contributed by atoms with Crippen LogP contribution in [0.4, 0.5) is 0 Å². The number of nitrogens with zero attached hydrogens (tertiary/aromatic N) is 1. The number of hydroxylamine groups is 1. The Morgan fingerprint density at radius 2 is 1.38 bits per heavy atom. The number of hydrogen-bond donors (Lipinski definition) is 3. The Morgan fingerprint density at radius 3 is 1.97 bits per heavy atom. The molecule has 1 atom stereocenters. The van der Waals surface area contributed by atoms with Crippen molar-refractivity contribution in [3.05, 3.63) is 96.1 Å². The Labute approximate surface area is 186 Å². The number of amides is 3. The molecule has 0 radical (unpaired) electrons. The molecule has 3 amide bonds. The van der Waals surface area contributed by atoms with Crippen LogP contribution >= 0.6 is 0 Å². The van der Waals surface area contributed by atoms with E-state index in [0.29, 0.717) is 12.0 Å². The Kier molecular flexibility index (Phi) is 7.72. The molecule has 32 heavy (non-hydrogen) atoms. The van der Waals surface area contributed by atoms with Gasteiger partial charge < -0.3 is 10.2 Å². The van der Waals surface area contributed by atoms with Gasteiger partial charge in [0.25, 0.3) is 17.7 Å². The first-order chi connectivity index (χ1) is 15.5. The van der Waals surface area contributed by atoms with Crippen molar-refractivity contribution in [3.63, 3.8) is 0 Å². The first-order valence-electron chi connectivity index (χ1n) is 10.2. The number of rotatable bonds is 8. The lowest BCUT2D eigenvalue weighted by atomic mass is 10.0. The lowest BCUT2D eigenvalue weighted by Crippen LogP contribution is -2.55. The maximum atomic E-state index is 12.9. The van der Waals surface area contributed by atoms with Gasteiger partial charge in [-0.3, -0.25) is 19.6 Å². The lowest BCUT2D eigenvalue weighted by molar-refractivity contribution is -0.140. The minimum Gasteiger partial charge on any atom is -0.354 e. The van der Waals surface area contributed by atoms with Crippen molar-refractivity contribution in [2.24, 2.45) is 0 Å². The SMILES string of the molecule is CN(C(=O)c1ccc(-c2ccccc2)cc1)C(C(=O)NO)C(=O)NCCc1ccccc1. The van der Waals surface area contributed by atoms with Crippen molar-refractivity contribution in [1.82, 2.24) is 15.7 Å². The summed E-state index contributed by atoms with van der Waals surface area (Å²) in [4.78, 5) is 38.8. The summed E-state index contributed by atoms with van der Waals surface area (Å²) in [6.45, 7) is 0.284. The summed E-state index contributed by atoms with van der Waals surface area (Å²) in [5, 5.41) is 11.8. The highest BCUT2D eigenvalue weighted by molar-refractivity contribution is 6.08. The van der Waals surface area contributed by atoms with Crippen molar-refractivity contribution in [1.29, 1.82) is 0 Å². The minimum absolute atomic E-state index is 0.284. The molecule has 7 nitrogen and oxygen atoms in total. The maximum Gasteiger partial charge on any atom is 0.275 e. The molecular formula is C25H25N3O4. The Hall–Kier alpha value is -3.97. The number of hydrogen-bond acceptors (Lipinski definition) is 4. The molecule has 0 bridgehead atoms. The minimum atomic E-state index is -1.52. The molecule has 3 N–H and O–H groups in total. The van der Waals surface area contributed by atoms with E-state index in [-0.39, 0.29) is 6.54 Å². The van der Waals surface area contributed by atoms with E-state index in [9.17, 15) is 14.4 Å². The van der Waals surface area contributed by atoms with E-state index >= 15 is 0 Å². The van der Waals surface area contributed by atoms with Crippen LogP contribution in [-0.4, -0.2) is 47.5 Å². The van der Waals surface area contributed by atoms with Gasteiger partial charge >= 0.3 is 0 Å². The average molecular weight is 431 g/mol. The fraction of sp³-hybridized carbons (Fsp3) is 0.160. The summed E-state index contributed by atoms with van der Waals surface area (Å²) < 4.78 is 0. The van der Waals surface area contributed by atoms with Crippen LogP contribution in [0.5, 0.6) is 0 Å². The van der Waals surface area contributed by atoms with Crippen LogP contribution in [0.1, 0.15) is 15.9 Å². The topological polar surface area (TPSA) is 98.7 Å². The number of likely N-dealkylation sites (N-methyl/N-ethyl adjacent to an activating group) is 1. The summed E-state index contributed by atoms with van der Waals surface area (Å²) in [6.07, 6.45) is 0.568. The zero-order valence-corrected chi connectivity index (χ0v) is 17.7. The van der Waals surface area contributed by atoms with E-state index in [0.717, 1.165) is 21.6 Å². The molecule has 164 valence electrons. The molecule has 0 fully saturated rings. The van der Waals surface area contributed by atoms with Gasteiger partial charge in [-0.25, -0.2) is 5.48 Å². The van der Waals surface area contributed by atoms with E-state index in [1.54, 1.807) is 24.3 Å². The van der Waals surface area contributed by atoms with E-state index < -0.39 is 23.8 Å². The second-order valence-electron chi connectivity index (χ2n) is 7.26. The Bertz CT molecular complexity index is 1050. The molecule has 0 aliphatic heterocycles. The molecule has 0 heterocycles. The van der Waals surface area contributed by atoms with E-state index in [1.807, 2.05) is 60.7 Å². The largest absolute Gasteiger partial charge is 0.354 e. The maximum absolute atomic E-state index is 12.9. The second kappa shape index (κ2) is 10.9. The van der Waals surface area contributed by atoms with Crippen molar-refractivity contribution in [3.8, 4) is 11.1 Å². The van der Waals surface area contributed by atoms with E-state index in [2.05, 4.69) is 5.32 Å². The Morgan fingerprint density at radius 1 is 0.812 bits per heavy atom. The lowest BCUT2D eigenvalue weighted by Gasteiger charge is -2.25. The van der Waals surface area contributed by atoms with Gasteiger partial charge in [-0.2, -0.15) is 0 Å². The van der Waals surface area contributed by atoms with Crippen LogP contribution < -0.4 is 10.8 Å². The second-order valence-corrected chi connectivity index (χ2v) is 7.26. The van der Waals surface area contributed by atoms with Crippen LogP contribution in [0, 0.1) is 0 Å². The molecule has 0 saturated carbocycles. The molecule has 3 rings (SSSR count). The normalized spacial score (nSPS) is 11.3. The highest BCUT2D eigenvalue weighted by atomic mass is 16.5. The quantitative estimate of drug-likeness (QED) is 0.290. The third-order valence-electron chi connectivity index (χ3n) is 5.11. The monoisotopic (exact) mass is 431 g/mol. The molecule has 3 aromatic carbocycles. The number of carbonyl (C=O) groups is 3. The van der Waals surface area contributed by atoms with Gasteiger partial charge in [0.1, 0.15) is 0 Å². The first kappa shape index (κ1) is 22.7. The number of benzene rings is 3. The first-order valence-corrected chi connectivity index (χ1v) is 10.2. The summed E-state index contributed by atoms with van der Waals surface area (Å²) in [7, 11) is 1.35. The van der Waals surface area contributed by atoms with Crippen LogP contribution in [-0.2, 0) is 16.0 Å². The van der Waals surface area contributed by atoms with Crippen LogP contribution in [0.2, 0.25) is 0 Å². The molecule has 0 aliphatic carbocycles. The van der Waals surface area contributed by atoms with Gasteiger partial charge in [-0.15, -0.1) is 0 Å². The van der Waals surface area contributed by atoms with Crippen molar-refractivity contribution >= 4 is 17.7 Å². The van der Waals surface area contributed by atoms with Gasteiger partial charge in [-0.1, -0.05) is 72.8 Å². The van der Waals surface area contributed by atoms with Gasteiger partial charge in [0, 0.05) is 19.2 Å². The predicted molar refractivity (Wildman–Crippen MR) is 121 cm³/mol. The molecule has 3 aromatic rings. The highest BCUT2D eigenvalue weighted by Crippen LogP contribution is 2.20. The molecule has 0 saturated heterocycles. The fourth-order valence-electron chi connectivity index (χ4n) is 3.36. The molecule has 7 heteroatoms. The van der Waals surface area contributed by atoms with Gasteiger partial charge in [0.05, 0.1) is 0 Å². The molecule has 0 aromatic heterocycles. The van der Waals surface area contributed by atoms with Crippen molar-refractivity contribution in [2.75, 3.05) is 13.6 Å². The van der Waals surface area contributed by atoms with Crippen LogP contribution in [0.15, 0.2) is 84.9 Å².